The number of nitrogens with zero attached hydrogens (tertiary/aromatic N) is 2. The molecule has 0 aromatic heterocycles. The van der Waals surface area contributed by atoms with Gasteiger partial charge in [0, 0.05) is 25.7 Å². The lowest BCUT2D eigenvalue weighted by molar-refractivity contribution is -0.384. The zero-order valence-corrected chi connectivity index (χ0v) is 14.7. The SMILES string of the molecule is COCCN=C1NC(=O)[C@@H](CC(=O)Nc2cc([N+](=O)[O-])ccc2Cl)S1. The molecule has 134 valence electrons. The minimum atomic E-state index is -0.626. The molecule has 11 heteroatoms. The molecular formula is C14H15ClN4O5S. The fraction of sp³-hybridized carbons (Fsp3) is 0.357. The predicted molar refractivity (Wildman–Crippen MR) is 95.1 cm³/mol. The third-order valence-electron chi connectivity index (χ3n) is 3.13. The number of carbonyl (C=O) groups excluding carboxylic acids is 2. The largest absolute Gasteiger partial charge is 0.383 e. The zero-order chi connectivity index (χ0) is 18.4. The Morgan fingerprint density at radius 3 is 3.00 bits per heavy atom. The van der Waals surface area contributed by atoms with E-state index in [2.05, 4.69) is 15.6 Å². The van der Waals surface area contributed by atoms with Gasteiger partial charge < -0.3 is 15.4 Å². The number of rotatable bonds is 7. The first-order chi connectivity index (χ1) is 11.9. The van der Waals surface area contributed by atoms with Crippen molar-refractivity contribution in [2.45, 2.75) is 11.7 Å². The fourth-order valence-corrected chi connectivity index (χ4v) is 3.11. The average molecular weight is 387 g/mol. The van der Waals surface area contributed by atoms with Crippen LogP contribution in [0.4, 0.5) is 11.4 Å². The highest BCUT2D eigenvalue weighted by atomic mass is 35.5. The van der Waals surface area contributed by atoms with Crippen LogP contribution in [0.15, 0.2) is 23.2 Å². The topological polar surface area (TPSA) is 123 Å². The molecule has 2 N–H and O–H groups in total. The summed E-state index contributed by atoms with van der Waals surface area (Å²) in [6, 6.07) is 3.73. The van der Waals surface area contributed by atoms with Crippen LogP contribution in [0.3, 0.4) is 0 Å². The number of aliphatic imine (C=N–C) groups is 1. The normalized spacial score (nSPS) is 18.2. The Hall–Kier alpha value is -2.17. The number of nitro benzene ring substituents is 1. The lowest BCUT2D eigenvalue weighted by Gasteiger charge is -2.08. The summed E-state index contributed by atoms with van der Waals surface area (Å²) in [7, 11) is 1.55. The summed E-state index contributed by atoms with van der Waals surface area (Å²) in [6.45, 7) is 0.831. The Morgan fingerprint density at radius 2 is 2.32 bits per heavy atom. The molecule has 0 aliphatic carbocycles. The van der Waals surface area contributed by atoms with Gasteiger partial charge in [-0.3, -0.25) is 24.7 Å². The Kier molecular flexibility index (Phi) is 6.73. The molecule has 0 unspecified atom stereocenters. The molecule has 1 fully saturated rings. The Bertz CT molecular complexity index is 727. The van der Waals surface area contributed by atoms with Crippen LogP contribution < -0.4 is 10.6 Å². The molecule has 1 aromatic rings. The molecular weight excluding hydrogens is 372 g/mol. The minimum Gasteiger partial charge on any atom is -0.383 e. The van der Waals surface area contributed by atoms with E-state index in [1.54, 1.807) is 7.11 Å². The van der Waals surface area contributed by atoms with Gasteiger partial charge in [0.25, 0.3) is 5.69 Å². The van der Waals surface area contributed by atoms with Gasteiger partial charge in [0.15, 0.2) is 5.17 Å². The quantitative estimate of drug-likeness (QED) is 0.418. The number of hydrogen-bond acceptors (Lipinski definition) is 7. The molecule has 25 heavy (non-hydrogen) atoms. The van der Waals surface area contributed by atoms with Crippen molar-refractivity contribution in [3.63, 3.8) is 0 Å². The molecule has 2 amide bonds. The second-order valence-electron chi connectivity index (χ2n) is 4.95. The van der Waals surface area contributed by atoms with Gasteiger partial charge in [-0.2, -0.15) is 0 Å². The van der Waals surface area contributed by atoms with Gasteiger partial charge >= 0.3 is 0 Å². The van der Waals surface area contributed by atoms with E-state index < -0.39 is 16.1 Å². The van der Waals surface area contributed by atoms with E-state index in [-0.39, 0.29) is 28.7 Å². The Balaban J connectivity index is 1.97. The van der Waals surface area contributed by atoms with Crippen molar-refractivity contribution in [3.8, 4) is 0 Å². The number of carbonyl (C=O) groups is 2. The number of benzene rings is 1. The van der Waals surface area contributed by atoms with Crippen molar-refractivity contribution in [2.75, 3.05) is 25.6 Å². The van der Waals surface area contributed by atoms with Crippen LogP contribution in [0, 0.1) is 10.1 Å². The molecule has 1 aliphatic heterocycles. The van der Waals surface area contributed by atoms with Crippen LogP contribution in [0.25, 0.3) is 0 Å². The summed E-state index contributed by atoms with van der Waals surface area (Å²) >= 11 is 7.08. The van der Waals surface area contributed by atoms with Gasteiger partial charge in [-0.15, -0.1) is 0 Å². The molecule has 0 radical (unpaired) electrons. The van der Waals surface area contributed by atoms with E-state index in [4.69, 9.17) is 16.3 Å². The van der Waals surface area contributed by atoms with Crippen molar-refractivity contribution < 1.29 is 19.2 Å². The van der Waals surface area contributed by atoms with Crippen molar-refractivity contribution in [1.82, 2.24) is 5.32 Å². The molecule has 2 rings (SSSR count). The molecule has 0 saturated carbocycles. The molecule has 1 aromatic carbocycles. The number of methoxy groups -OCH3 is 1. The van der Waals surface area contributed by atoms with Crippen molar-refractivity contribution in [2.24, 2.45) is 4.99 Å². The van der Waals surface area contributed by atoms with Crippen molar-refractivity contribution in [3.05, 3.63) is 33.3 Å². The van der Waals surface area contributed by atoms with E-state index in [1.165, 1.54) is 18.2 Å². The van der Waals surface area contributed by atoms with Gasteiger partial charge in [0.1, 0.15) is 5.25 Å². The predicted octanol–water partition coefficient (Wildman–Crippen LogP) is 1.81. The first-order valence-electron chi connectivity index (χ1n) is 7.15. The average Bonchev–Trinajstić information content (AvgIpc) is 2.89. The maximum atomic E-state index is 12.1. The van der Waals surface area contributed by atoms with Crippen LogP contribution >= 0.6 is 23.4 Å². The van der Waals surface area contributed by atoms with E-state index >= 15 is 0 Å². The molecule has 9 nitrogen and oxygen atoms in total. The molecule has 0 spiro atoms. The zero-order valence-electron chi connectivity index (χ0n) is 13.2. The lowest BCUT2D eigenvalue weighted by atomic mass is 10.2. The number of amides is 2. The molecule has 0 bridgehead atoms. The van der Waals surface area contributed by atoms with E-state index in [9.17, 15) is 19.7 Å². The Labute approximate surface area is 152 Å². The van der Waals surface area contributed by atoms with E-state index in [0.29, 0.717) is 18.3 Å². The van der Waals surface area contributed by atoms with Crippen LogP contribution in [-0.4, -0.2) is 47.4 Å². The third kappa shape index (κ3) is 5.41. The summed E-state index contributed by atoms with van der Waals surface area (Å²) in [5.74, 6) is -0.797. The monoisotopic (exact) mass is 386 g/mol. The van der Waals surface area contributed by atoms with Crippen LogP contribution in [0.1, 0.15) is 6.42 Å². The maximum absolute atomic E-state index is 12.1. The van der Waals surface area contributed by atoms with Gasteiger partial charge in [0.2, 0.25) is 11.8 Å². The highest BCUT2D eigenvalue weighted by Crippen LogP contribution is 2.28. The summed E-state index contributed by atoms with van der Waals surface area (Å²) < 4.78 is 4.87. The van der Waals surface area contributed by atoms with E-state index in [1.807, 2.05) is 0 Å². The Morgan fingerprint density at radius 1 is 1.56 bits per heavy atom. The van der Waals surface area contributed by atoms with Crippen molar-refractivity contribution >= 4 is 51.7 Å². The van der Waals surface area contributed by atoms with Crippen LogP contribution in [-0.2, 0) is 14.3 Å². The lowest BCUT2D eigenvalue weighted by Crippen LogP contribution is -2.28. The summed E-state index contributed by atoms with van der Waals surface area (Å²) in [5, 5.41) is 15.9. The number of hydrogen-bond donors (Lipinski definition) is 2. The highest BCUT2D eigenvalue weighted by Gasteiger charge is 2.32. The van der Waals surface area contributed by atoms with Crippen LogP contribution in [0.2, 0.25) is 5.02 Å². The number of anilines is 1. The first-order valence-corrected chi connectivity index (χ1v) is 8.41. The standard InChI is InChI=1S/C14H15ClN4O5S/c1-24-5-4-16-14-18-13(21)11(25-14)7-12(20)17-10-6-8(19(22)23)2-3-9(10)15/h2-3,6,11H,4-5,7H2,1H3,(H,17,20)(H,16,18,21)/t11-/m1/s1. The van der Waals surface area contributed by atoms with Crippen LogP contribution in [0.5, 0.6) is 0 Å². The van der Waals surface area contributed by atoms with Gasteiger partial charge in [-0.05, 0) is 6.07 Å². The van der Waals surface area contributed by atoms with Gasteiger partial charge in [0.05, 0.1) is 28.8 Å². The summed E-state index contributed by atoms with van der Waals surface area (Å²) in [6.07, 6.45) is -0.112. The first kappa shape index (κ1) is 19.2. The fourth-order valence-electron chi connectivity index (χ4n) is 1.95. The minimum absolute atomic E-state index is 0.112. The number of halogens is 1. The third-order valence-corrected chi connectivity index (χ3v) is 4.58. The van der Waals surface area contributed by atoms with E-state index in [0.717, 1.165) is 11.8 Å². The number of non-ortho nitro benzene ring substituents is 1. The number of nitro groups is 1. The number of nitrogens with one attached hydrogen (secondary N) is 2. The second kappa shape index (κ2) is 8.79. The smallest absolute Gasteiger partial charge is 0.271 e. The molecule has 1 aliphatic rings. The summed E-state index contributed by atoms with van der Waals surface area (Å²) in [4.78, 5) is 38.3. The second-order valence-corrected chi connectivity index (χ2v) is 6.55. The maximum Gasteiger partial charge on any atom is 0.271 e. The molecule has 1 atom stereocenters. The molecule has 1 saturated heterocycles. The highest BCUT2D eigenvalue weighted by molar-refractivity contribution is 8.15. The van der Waals surface area contributed by atoms with Gasteiger partial charge in [-0.25, -0.2) is 0 Å². The van der Waals surface area contributed by atoms with Gasteiger partial charge in [-0.1, -0.05) is 23.4 Å². The molecule has 1 heterocycles. The number of ether oxygens (including phenoxy) is 1. The summed E-state index contributed by atoms with van der Waals surface area (Å²) in [5.41, 5.74) is -0.0708. The number of thioether (sulfide) groups is 1. The number of amidine groups is 1. The van der Waals surface area contributed by atoms with Crippen molar-refractivity contribution in [1.29, 1.82) is 0 Å².